The molecule has 0 radical (unpaired) electrons. The van der Waals surface area contributed by atoms with Gasteiger partial charge in [0.25, 0.3) is 5.91 Å². The lowest BCUT2D eigenvalue weighted by atomic mass is 9.66. The zero-order valence-electron chi connectivity index (χ0n) is 20.4. The van der Waals surface area contributed by atoms with Crippen molar-refractivity contribution in [1.29, 1.82) is 0 Å². The van der Waals surface area contributed by atoms with Crippen molar-refractivity contribution in [1.82, 2.24) is 26.1 Å². The Morgan fingerprint density at radius 2 is 1.92 bits per heavy atom. The average Bonchev–Trinajstić information content (AvgIpc) is 3.30. The largest absolute Gasteiger partial charge is 0.372 e. The van der Waals surface area contributed by atoms with Gasteiger partial charge in [-0.3, -0.25) is 30.0 Å². The zero-order valence-corrected chi connectivity index (χ0v) is 20.4. The number of ether oxygens (including phenoxy) is 1. The fraction of sp³-hybridized carbons (Fsp3) is 0.360. The molecule has 3 atom stereocenters. The van der Waals surface area contributed by atoms with Gasteiger partial charge >= 0.3 is 6.03 Å². The van der Waals surface area contributed by atoms with Gasteiger partial charge in [-0.1, -0.05) is 5.16 Å². The smallest absolute Gasteiger partial charge is 0.328 e. The van der Waals surface area contributed by atoms with Gasteiger partial charge in [0.05, 0.1) is 29.3 Å². The number of urea groups is 1. The number of aromatic nitrogens is 2. The van der Waals surface area contributed by atoms with Crippen LogP contribution in [0.1, 0.15) is 35.5 Å². The first-order valence-corrected chi connectivity index (χ1v) is 12.1. The van der Waals surface area contributed by atoms with Crippen LogP contribution in [-0.4, -0.2) is 58.7 Å². The van der Waals surface area contributed by atoms with E-state index in [2.05, 4.69) is 26.1 Å². The van der Waals surface area contributed by atoms with Gasteiger partial charge < -0.3 is 19.5 Å². The van der Waals surface area contributed by atoms with Gasteiger partial charge in [0, 0.05) is 31.9 Å². The van der Waals surface area contributed by atoms with Crippen LogP contribution in [0.4, 0.5) is 14.9 Å². The molecule has 3 aliphatic rings. The van der Waals surface area contributed by atoms with Crippen LogP contribution in [0.2, 0.25) is 0 Å². The summed E-state index contributed by atoms with van der Waals surface area (Å²) in [7, 11) is 0. The number of carbonyl (C=O) groups is 4. The minimum Gasteiger partial charge on any atom is -0.372 e. The lowest BCUT2D eigenvalue weighted by molar-refractivity contribution is -0.153. The first-order valence-electron chi connectivity index (χ1n) is 12.1. The van der Waals surface area contributed by atoms with Gasteiger partial charge in [-0.2, -0.15) is 0 Å². The number of hydrogen-bond acceptors (Lipinski definition) is 9. The third-order valence-electron chi connectivity index (χ3n) is 7.38. The van der Waals surface area contributed by atoms with E-state index in [1.165, 1.54) is 6.07 Å². The molecule has 13 heteroatoms. The van der Waals surface area contributed by atoms with Crippen LogP contribution in [0.15, 0.2) is 35.1 Å². The number of barbiturate groups is 1. The maximum atomic E-state index is 16.1. The normalized spacial score (nSPS) is 24.0. The number of benzene rings is 1. The molecule has 3 aliphatic heterocycles. The van der Waals surface area contributed by atoms with Gasteiger partial charge in [-0.15, -0.1) is 0 Å². The van der Waals surface area contributed by atoms with E-state index in [4.69, 9.17) is 9.26 Å². The number of nitrogens with zero attached hydrogens (tertiary/aromatic N) is 3. The number of halogens is 1. The Bertz CT molecular complexity index is 1490. The summed E-state index contributed by atoms with van der Waals surface area (Å²) in [6, 6.07) is 3.17. The van der Waals surface area contributed by atoms with E-state index >= 15 is 4.39 Å². The fourth-order valence-corrected chi connectivity index (χ4v) is 5.88. The van der Waals surface area contributed by atoms with Crippen LogP contribution in [0.25, 0.3) is 11.0 Å². The second-order valence-corrected chi connectivity index (χ2v) is 9.78. The molecule has 0 saturated carbocycles. The van der Waals surface area contributed by atoms with Crippen LogP contribution >= 0.6 is 0 Å². The lowest BCUT2D eigenvalue weighted by Gasteiger charge is -2.55. The molecule has 0 aliphatic carbocycles. The number of morpholine rings is 1. The molecular formula is C25H23FN6O6. The van der Waals surface area contributed by atoms with Crippen molar-refractivity contribution >= 4 is 40.4 Å². The van der Waals surface area contributed by atoms with Crippen LogP contribution in [0.5, 0.6) is 0 Å². The Kier molecular flexibility index (Phi) is 5.42. The Labute approximate surface area is 214 Å². The highest BCUT2D eigenvalue weighted by atomic mass is 19.1. The van der Waals surface area contributed by atoms with Gasteiger partial charge in [0.2, 0.25) is 17.4 Å². The number of carbonyl (C=O) groups excluding carboxylic acids is 4. The Morgan fingerprint density at radius 1 is 1.21 bits per heavy atom. The highest BCUT2D eigenvalue weighted by Gasteiger charge is 2.63. The first-order chi connectivity index (χ1) is 18.2. The van der Waals surface area contributed by atoms with E-state index in [0.717, 1.165) is 5.56 Å². The van der Waals surface area contributed by atoms with Gasteiger partial charge in [-0.05, 0) is 43.2 Å². The molecule has 38 heavy (non-hydrogen) atoms. The predicted molar refractivity (Wildman–Crippen MR) is 128 cm³/mol. The van der Waals surface area contributed by atoms with E-state index in [1.807, 2.05) is 0 Å². The number of pyridine rings is 1. The molecule has 3 N–H and O–H groups in total. The lowest BCUT2D eigenvalue weighted by Crippen LogP contribution is -2.75. The molecule has 6 rings (SSSR count). The molecule has 1 spiro atoms. The van der Waals surface area contributed by atoms with E-state index in [0.29, 0.717) is 5.56 Å². The third-order valence-corrected chi connectivity index (χ3v) is 7.38. The Balaban J connectivity index is 1.46. The molecule has 5 heterocycles. The summed E-state index contributed by atoms with van der Waals surface area (Å²) in [5.41, 5.74) is -0.875. The van der Waals surface area contributed by atoms with Crippen LogP contribution in [-0.2, 0) is 27.3 Å². The molecule has 196 valence electrons. The summed E-state index contributed by atoms with van der Waals surface area (Å²) in [4.78, 5) is 57.0. The molecule has 3 aromatic rings. The maximum Gasteiger partial charge on any atom is 0.328 e. The Hall–Kier alpha value is -4.39. The second-order valence-electron chi connectivity index (χ2n) is 9.78. The van der Waals surface area contributed by atoms with Crippen molar-refractivity contribution in [3.63, 3.8) is 0 Å². The number of rotatable bonds is 3. The molecule has 2 aromatic heterocycles. The third kappa shape index (κ3) is 3.45. The molecular weight excluding hydrogens is 499 g/mol. The predicted octanol–water partition coefficient (Wildman–Crippen LogP) is 1.18. The molecule has 5 amide bonds. The van der Waals surface area contributed by atoms with Crippen molar-refractivity contribution in [2.45, 2.75) is 45.1 Å². The SMILES string of the molecule is C[C@@H]1CN2c3c(cc4c(C(=O)NCc5ccncc5)noc4c3F)CC3(C(=O)NC(=O)NC3=O)[C@H]2[C@H](C)O1. The fourth-order valence-electron chi connectivity index (χ4n) is 5.88. The van der Waals surface area contributed by atoms with Crippen molar-refractivity contribution in [2.24, 2.45) is 5.41 Å². The molecule has 2 fully saturated rings. The summed E-state index contributed by atoms with van der Waals surface area (Å²) in [5, 5.41) is 11.0. The summed E-state index contributed by atoms with van der Waals surface area (Å²) in [6.45, 7) is 3.86. The molecule has 12 nitrogen and oxygen atoms in total. The number of fused-ring (bicyclic) bond motifs is 5. The topological polar surface area (TPSA) is 156 Å². The number of hydrogen-bond donors (Lipinski definition) is 3. The van der Waals surface area contributed by atoms with E-state index in [-0.39, 0.29) is 48.0 Å². The summed E-state index contributed by atoms with van der Waals surface area (Å²) >= 11 is 0. The van der Waals surface area contributed by atoms with Crippen molar-refractivity contribution in [3.05, 3.63) is 53.2 Å². The van der Waals surface area contributed by atoms with Crippen LogP contribution in [0.3, 0.4) is 0 Å². The van der Waals surface area contributed by atoms with Crippen molar-refractivity contribution in [3.8, 4) is 0 Å². The summed E-state index contributed by atoms with van der Waals surface area (Å²) in [6.07, 6.45) is 1.95. The van der Waals surface area contributed by atoms with Crippen molar-refractivity contribution < 1.29 is 32.8 Å². The standard InChI is InChI=1S/C25H23FN6O6/c1-11-10-32-18-14(8-25(20(32)12(2)37-11)22(34)29-24(36)30-23(25)35)7-15-17(31-38-19(15)16(18)26)21(33)28-9-13-3-5-27-6-4-13/h3-7,11-12,20H,8-10H2,1-2H3,(H,28,33)(H2,29,30,34,35,36)/t11-,12+,20-/m1/s1. The quantitative estimate of drug-likeness (QED) is 0.430. The Morgan fingerprint density at radius 3 is 2.63 bits per heavy atom. The van der Waals surface area contributed by atoms with E-state index in [9.17, 15) is 19.2 Å². The van der Waals surface area contributed by atoms with Crippen LogP contribution < -0.4 is 20.9 Å². The first kappa shape index (κ1) is 24.0. The summed E-state index contributed by atoms with van der Waals surface area (Å²) < 4.78 is 27.3. The maximum absolute atomic E-state index is 16.1. The minimum atomic E-state index is -1.78. The molecule has 2 saturated heterocycles. The second kappa shape index (κ2) is 8.58. The molecule has 1 aromatic carbocycles. The number of amides is 5. The average molecular weight is 522 g/mol. The highest BCUT2D eigenvalue weighted by Crippen LogP contribution is 2.49. The van der Waals surface area contributed by atoms with E-state index in [1.54, 1.807) is 43.3 Å². The number of nitrogens with one attached hydrogen (secondary N) is 3. The van der Waals surface area contributed by atoms with Gasteiger partial charge in [0.15, 0.2) is 16.9 Å². The summed E-state index contributed by atoms with van der Waals surface area (Å²) in [5.74, 6) is -2.93. The minimum absolute atomic E-state index is 0.101. The highest BCUT2D eigenvalue weighted by molar-refractivity contribution is 6.20. The zero-order chi connectivity index (χ0) is 26.8. The number of imide groups is 2. The van der Waals surface area contributed by atoms with Crippen molar-refractivity contribution in [2.75, 3.05) is 11.4 Å². The van der Waals surface area contributed by atoms with E-state index < -0.39 is 47.1 Å². The monoisotopic (exact) mass is 522 g/mol. The number of anilines is 1. The molecule has 0 bridgehead atoms. The van der Waals surface area contributed by atoms with Gasteiger partial charge in [0.1, 0.15) is 0 Å². The van der Waals surface area contributed by atoms with Crippen LogP contribution in [0, 0.1) is 11.2 Å². The van der Waals surface area contributed by atoms with Gasteiger partial charge in [-0.25, -0.2) is 9.18 Å². The molecule has 0 unspecified atom stereocenters.